The van der Waals surface area contributed by atoms with E-state index < -0.39 is 6.04 Å². The second kappa shape index (κ2) is 7.81. The molecule has 1 heterocycles. The molecule has 0 aliphatic carbocycles. The van der Waals surface area contributed by atoms with Gasteiger partial charge in [-0.15, -0.1) is 0 Å². The Labute approximate surface area is 150 Å². The number of carbonyl (C=O) groups excluding carboxylic acids is 3. The van der Waals surface area contributed by atoms with Gasteiger partial charge < -0.3 is 4.90 Å². The Morgan fingerprint density at radius 3 is 1.88 bits per heavy atom. The Hall–Kier alpha value is -2.17. The van der Waals surface area contributed by atoms with Crippen molar-refractivity contribution in [3.05, 3.63) is 35.4 Å². The molecule has 25 heavy (non-hydrogen) atoms. The lowest BCUT2D eigenvalue weighted by atomic mass is 10.0. The number of hydrogen-bond donors (Lipinski definition) is 0. The molecular formula is C20H28N2O3. The second-order valence-corrected chi connectivity index (χ2v) is 7.12. The molecule has 2 rings (SSSR count). The van der Waals surface area contributed by atoms with Crippen molar-refractivity contribution in [2.75, 3.05) is 0 Å². The zero-order chi connectivity index (χ0) is 18.7. The van der Waals surface area contributed by atoms with Gasteiger partial charge in [-0.05, 0) is 46.2 Å². The van der Waals surface area contributed by atoms with Crippen molar-refractivity contribution in [1.82, 2.24) is 9.80 Å². The maximum absolute atomic E-state index is 13.2. The van der Waals surface area contributed by atoms with Gasteiger partial charge in [-0.3, -0.25) is 19.3 Å². The minimum atomic E-state index is -0.739. The van der Waals surface area contributed by atoms with Crippen LogP contribution in [0.15, 0.2) is 24.3 Å². The Morgan fingerprint density at radius 2 is 1.48 bits per heavy atom. The highest BCUT2D eigenvalue weighted by Crippen LogP contribution is 2.28. The minimum absolute atomic E-state index is 0.00630. The molecule has 0 radical (unpaired) electrons. The summed E-state index contributed by atoms with van der Waals surface area (Å²) in [5, 5.41) is 0. The predicted octanol–water partition coefficient (Wildman–Crippen LogP) is 3.49. The van der Waals surface area contributed by atoms with E-state index in [1.807, 2.05) is 34.6 Å². The Morgan fingerprint density at radius 1 is 1.00 bits per heavy atom. The van der Waals surface area contributed by atoms with Gasteiger partial charge in [0.1, 0.15) is 6.04 Å². The van der Waals surface area contributed by atoms with Crippen molar-refractivity contribution in [3.8, 4) is 0 Å². The average molecular weight is 344 g/mol. The number of hydrogen-bond acceptors (Lipinski definition) is 3. The summed E-state index contributed by atoms with van der Waals surface area (Å²) in [6, 6.07) is 6.06. The number of benzene rings is 1. The van der Waals surface area contributed by atoms with E-state index in [9.17, 15) is 14.4 Å². The van der Waals surface area contributed by atoms with E-state index in [2.05, 4.69) is 0 Å². The van der Waals surface area contributed by atoms with Crippen molar-refractivity contribution in [3.63, 3.8) is 0 Å². The van der Waals surface area contributed by atoms with Gasteiger partial charge in [0.15, 0.2) is 0 Å². The largest absolute Gasteiger partial charge is 0.336 e. The first-order valence-electron chi connectivity index (χ1n) is 9.10. The molecule has 1 aliphatic heterocycles. The van der Waals surface area contributed by atoms with Crippen LogP contribution in [-0.2, 0) is 4.79 Å². The number of fused-ring (bicyclic) bond motifs is 1. The first-order chi connectivity index (χ1) is 11.8. The fourth-order valence-electron chi connectivity index (χ4n) is 3.53. The van der Waals surface area contributed by atoms with Crippen LogP contribution in [-0.4, -0.2) is 45.6 Å². The molecule has 5 heteroatoms. The van der Waals surface area contributed by atoms with Crippen LogP contribution in [0.3, 0.4) is 0 Å². The number of rotatable bonds is 7. The van der Waals surface area contributed by atoms with Gasteiger partial charge in [-0.25, -0.2) is 0 Å². The zero-order valence-corrected chi connectivity index (χ0v) is 15.8. The van der Waals surface area contributed by atoms with Crippen LogP contribution >= 0.6 is 0 Å². The van der Waals surface area contributed by atoms with Crippen molar-refractivity contribution < 1.29 is 14.4 Å². The highest BCUT2D eigenvalue weighted by atomic mass is 16.2. The molecule has 0 saturated carbocycles. The Bertz CT molecular complexity index is 624. The number of nitrogens with zero attached hydrogens (tertiary/aromatic N) is 2. The normalized spacial score (nSPS) is 15.1. The van der Waals surface area contributed by atoms with Crippen LogP contribution in [0.25, 0.3) is 0 Å². The number of imide groups is 1. The first-order valence-corrected chi connectivity index (χ1v) is 9.10. The highest BCUT2D eigenvalue weighted by Gasteiger charge is 2.44. The SMILES string of the molecule is CCCCC(C(=O)N(C(C)C)C(C)C)N1C(=O)c2ccccc2C1=O. The molecule has 0 bridgehead atoms. The molecule has 1 atom stereocenters. The lowest BCUT2D eigenvalue weighted by molar-refractivity contribution is -0.139. The van der Waals surface area contributed by atoms with E-state index in [0.717, 1.165) is 12.8 Å². The fourth-order valence-corrected chi connectivity index (χ4v) is 3.53. The molecular weight excluding hydrogens is 316 g/mol. The molecule has 1 aliphatic rings. The van der Waals surface area contributed by atoms with Gasteiger partial charge in [0, 0.05) is 12.1 Å². The zero-order valence-electron chi connectivity index (χ0n) is 15.8. The lowest BCUT2D eigenvalue weighted by Crippen LogP contribution is -2.54. The maximum Gasteiger partial charge on any atom is 0.262 e. The van der Waals surface area contributed by atoms with E-state index in [1.54, 1.807) is 29.2 Å². The molecule has 5 nitrogen and oxygen atoms in total. The third-order valence-electron chi connectivity index (χ3n) is 4.62. The quantitative estimate of drug-likeness (QED) is 0.712. The van der Waals surface area contributed by atoms with E-state index in [4.69, 9.17) is 0 Å². The third-order valence-corrected chi connectivity index (χ3v) is 4.62. The topological polar surface area (TPSA) is 57.7 Å². The fraction of sp³-hybridized carbons (Fsp3) is 0.550. The van der Waals surface area contributed by atoms with E-state index in [-0.39, 0.29) is 29.8 Å². The molecule has 1 aromatic rings. The Balaban J connectivity index is 2.40. The summed E-state index contributed by atoms with van der Waals surface area (Å²) in [5.74, 6) is -0.863. The van der Waals surface area contributed by atoms with Gasteiger partial charge in [-0.1, -0.05) is 31.9 Å². The van der Waals surface area contributed by atoms with Crippen LogP contribution in [0, 0.1) is 0 Å². The van der Waals surface area contributed by atoms with Gasteiger partial charge in [0.25, 0.3) is 11.8 Å². The smallest absolute Gasteiger partial charge is 0.262 e. The van der Waals surface area contributed by atoms with Crippen molar-refractivity contribution >= 4 is 17.7 Å². The minimum Gasteiger partial charge on any atom is -0.336 e. The summed E-state index contributed by atoms with van der Waals surface area (Å²) in [6.07, 6.45) is 2.18. The summed E-state index contributed by atoms with van der Waals surface area (Å²) in [6.45, 7) is 9.86. The summed E-state index contributed by atoms with van der Waals surface area (Å²) in [5.41, 5.74) is 0.782. The van der Waals surface area contributed by atoms with Crippen molar-refractivity contribution in [2.45, 2.75) is 72.0 Å². The van der Waals surface area contributed by atoms with E-state index in [1.165, 1.54) is 4.90 Å². The summed E-state index contributed by atoms with van der Waals surface area (Å²) in [4.78, 5) is 41.8. The molecule has 0 saturated heterocycles. The number of unbranched alkanes of at least 4 members (excludes halogenated alkanes) is 1. The molecule has 0 fully saturated rings. The standard InChI is InChI=1S/C20H28N2O3/c1-6-7-12-17(20(25)21(13(2)3)14(4)5)22-18(23)15-10-8-9-11-16(15)19(22)24/h8-11,13-14,17H,6-7,12H2,1-5H3. The monoisotopic (exact) mass is 344 g/mol. The molecule has 1 unspecified atom stereocenters. The molecule has 0 spiro atoms. The van der Waals surface area contributed by atoms with E-state index >= 15 is 0 Å². The Kier molecular flexibility index (Phi) is 5.98. The second-order valence-electron chi connectivity index (χ2n) is 7.12. The number of amides is 3. The van der Waals surface area contributed by atoms with Crippen molar-refractivity contribution in [1.29, 1.82) is 0 Å². The van der Waals surface area contributed by atoms with Gasteiger partial charge >= 0.3 is 0 Å². The number of carbonyl (C=O) groups is 3. The maximum atomic E-state index is 13.2. The van der Waals surface area contributed by atoms with Crippen LogP contribution in [0.5, 0.6) is 0 Å². The van der Waals surface area contributed by atoms with Crippen molar-refractivity contribution in [2.24, 2.45) is 0 Å². The molecule has 136 valence electrons. The molecule has 1 aromatic carbocycles. The third kappa shape index (κ3) is 3.60. The summed E-state index contributed by atoms with van der Waals surface area (Å²) >= 11 is 0. The van der Waals surface area contributed by atoms with Crippen LogP contribution < -0.4 is 0 Å². The molecule has 3 amide bonds. The van der Waals surface area contributed by atoms with E-state index in [0.29, 0.717) is 17.5 Å². The predicted molar refractivity (Wildman–Crippen MR) is 97.4 cm³/mol. The highest BCUT2D eigenvalue weighted by molar-refractivity contribution is 6.22. The van der Waals surface area contributed by atoms with Crippen LogP contribution in [0.1, 0.15) is 74.6 Å². The molecule has 0 N–H and O–H groups in total. The van der Waals surface area contributed by atoms with Gasteiger partial charge in [0.2, 0.25) is 5.91 Å². The van der Waals surface area contributed by atoms with Crippen LogP contribution in [0.2, 0.25) is 0 Å². The first kappa shape index (κ1) is 19.2. The van der Waals surface area contributed by atoms with Gasteiger partial charge in [0.05, 0.1) is 11.1 Å². The lowest BCUT2D eigenvalue weighted by Gasteiger charge is -2.36. The van der Waals surface area contributed by atoms with Gasteiger partial charge in [-0.2, -0.15) is 0 Å². The summed E-state index contributed by atoms with van der Waals surface area (Å²) in [7, 11) is 0. The van der Waals surface area contributed by atoms with Crippen LogP contribution in [0.4, 0.5) is 0 Å². The average Bonchev–Trinajstić information content (AvgIpc) is 2.80. The summed E-state index contributed by atoms with van der Waals surface area (Å²) < 4.78 is 0. The molecule has 0 aromatic heterocycles.